The van der Waals surface area contributed by atoms with E-state index >= 15 is 0 Å². The van der Waals surface area contributed by atoms with E-state index in [9.17, 15) is 0 Å². The number of nitrogens with zero attached hydrogens (tertiary/aromatic N) is 1. The van der Waals surface area contributed by atoms with Gasteiger partial charge >= 0.3 is 0 Å². The summed E-state index contributed by atoms with van der Waals surface area (Å²) in [5.41, 5.74) is 17.4. The first-order chi connectivity index (χ1) is 30.7. The van der Waals surface area contributed by atoms with Crippen LogP contribution in [0.4, 0.5) is 17.1 Å². The molecule has 1 spiro atoms. The zero-order valence-corrected chi connectivity index (χ0v) is 34.4. The molecule has 10 aromatic carbocycles. The van der Waals surface area contributed by atoms with Crippen molar-refractivity contribution in [2.24, 2.45) is 0 Å². The van der Waals surface area contributed by atoms with Gasteiger partial charge < -0.3 is 9.32 Å². The Balaban J connectivity index is 0.967. The maximum atomic E-state index is 6.42. The minimum atomic E-state index is -0.457. The predicted octanol–water partition coefficient (Wildman–Crippen LogP) is 16.4. The summed E-state index contributed by atoms with van der Waals surface area (Å²) in [5, 5.41) is 4.82. The maximum Gasteiger partial charge on any atom is 0.137 e. The fourth-order valence-electron chi connectivity index (χ4n) is 10.4. The van der Waals surface area contributed by atoms with Crippen LogP contribution in [0.25, 0.3) is 66.1 Å². The molecule has 290 valence electrons. The van der Waals surface area contributed by atoms with Crippen LogP contribution in [0.15, 0.2) is 239 Å². The van der Waals surface area contributed by atoms with Crippen molar-refractivity contribution in [3.05, 3.63) is 247 Å². The first-order valence-corrected chi connectivity index (χ1v) is 22.1. The quantitative estimate of drug-likeness (QED) is 0.172. The van der Waals surface area contributed by atoms with Gasteiger partial charge in [0.1, 0.15) is 11.2 Å². The van der Waals surface area contributed by atoms with Gasteiger partial charge in [-0.25, -0.2) is 0 Å². The predicted molar refractivity (Wildman–Crippen MR) is 258 cm³/mol. The minimum Gasteiger partial charge on any atom is -0.456 e. The van der Waals surface area contributed by atoms with Crippen LogP contribution in [-0.2, 0) is 5.41 Å². The number of hydrogen-bond donors (Lipinski definition) is 0. The third-order valence-corrected chi connectivity index (χ3v) is 14.4. The summed E-state index contributed by atoms with van der Waals surface area (Å²) in [5.74, 6) is 0. The second-order valence-corrected chi connectivity index (χ2v) is 17.4. The molecule has 1 unspecified atom stereocenters. The van der Waals surface area contributed by atoms with E-state index in [2.05, 4.69) is 217 Å². The van der Waals surface area contributed by atoms with Crippen molar-refractivity contribution in [1.29, 1.82) is 0 Å². The highest BCUT2D eigenvalue weighted by atomic mass is 32.2. The van der Waals surface area contributed by atoms with E-state index in [-0.39, 0.29) is 0 Å². The van der Waals surface area contributed by atoms with Gasteiger partial charge in [-0.05, 0) is 115 Å². The van der Waals surface area contributed by atoms with Gasteiger partial charge in [0.15, 0.2) is 0 Å². The molecule has 0 saturated heterocycles. The lowest BCUT2D eigenvalue weighted by Crippen LogP contribution is -2.32. The first-order valence-electron chi connectivity index (χ1n) is 21.2. The largest absolute Gasteiger partial charge is 0.456 e. The fraction of sp³-hybridized carbons (Fsp3) is 0.0169. The number of rotatable bonds is 5. The Labute approximate surface area is 364 Å². The number of furan rings is 1. The van der Waals surface area contributed by atoms with Gasteiger partial charge in [0.25, 0.3) is 0 Å². The van der Waals surface area contributed by atoms with Crippen LogP contribution in [0.5, 0.6) is 0 Å². The van der Waals surface area contributed by atoms with Gasteiger partial charge in [0.05, 0.1) is 5.41 Å². The van der Waals surface area contributed by atoms with E-state index in [1.807, 2.05) is 23.9 Å². The highest BCUT2D eigenvalue weighted by molar-refractivity contribution is 7.99. The molecule has 0 fully saturated rings. The van der Waals surface area contributed by atoms with Crippen molar-refractivity contribution in [3.8, 4) is 33.4 Å². The Hall–Kier alpha value is -7.59. The lowest BCUT2D eigenvalue weighted by atomic mass is 9.67. The molecule has 2 nitrogen and oxygen atoms in total. The molecule has 2 heterocycles. The average molecular weight is 808 g/mol. The molecule has 62 heavy (non-hydrogen) atoms. The highest BCUT2D eigenvalue weighted by Gasteiger charge is 2.51. The SMILES string of the molecule is c1ccc(-c2ccc(N(c3ccc(-c4cccc5c4Sc4ccccc4C54c5ccccc5-c5c4ccc4ccccc54)cc3)c3ccc4c(c3)oc3ccccc34)cc2)cc1. The number of para-hydroxylation sites is 1. The third kappa shape index (κ3) is 5.12. The molecule has 1 aliphatic carbocycles. The van der Waals surface area contributed by atoms with Crippen molar-refractivity contribution < 1.29 is 4.42 Å². The molecular weight excluding hydrogens is 771 g/mol. The van der Waals surface area contributed by atoms with Crippen molar-refractivity contribution >= 4 is 61.5 Å². The number of benzene rings is 10. The van der Waals surface area contributed by atoms with Gasteiger partial charge in [-0.3, -0.25) is 0 Å². The molecule has 1 atom stereocenters. The van der Waals surface area contributed by atoms with E-state index in [0.29, 0.717) is 0 Å². The Morgan fingerprint density at radius 3 is 1.82 bits per heavy atom. The summed E-state index contributed by atoms with van der Waals surface area (Å²) >= 11 is 1.90. The minimum absolute atomic E-state index is 0.457. The van der Waals surface area contributed by atoms with Crippen molar-refractivity contribution in [2.75, 3.05) is 4.90 Å². The Morgan fingerprint density at radius 1 is 0.371 bits per heavy atom. The average Bonchev–Trinajstić information content (AvgIpc) is 3.86. The van der Waals surface area contributed by atoms with E-state index in [4.69, 9.17) is 4.42 Å². The number of hydrogen-bond acceptors (Lipinski definition) is 3. The summed E-state index contributed by atoms with van der Waals surface area (Å²) in [6, 6.07) is 82.1. The Bertz CT molecular complexity index is 3550. The number of fused-ring (bicyclic) bond motifs is 14. The van der Waals surface area contributed by atoms with E-state index in [1.165, 1.54) is 76.2 Å². The fourth-order valence-corrected chi connectivity index (χ4v) is 11.8. The molecule has 0 amide bonds. The van der Waals surface area contributed by atoms with E-state index in [0.717, 1.165) is 39.0 Å². The van der Waals surface area contributed by atoms with Crippen LogP contribution < -0.4 is 4.90 Å². The molecular formula is C59H37NOS. The smallest absolute Gasteiger partial charge is 0.137 e. The monoisotopic (exact) mass is 807 g/mol. The first kappa shape index (κ1) is 35.2. The topological polar surface area (TPSA) is 16.4 Å². The molecule has 1 aliphatic heterocycles. The van der Waals surface area contributed by atoms with E-state index in [1.54, 1.807) is 0 Å². The van der Waals surface area contributed by atoms with Crippen LogP contribution in [0.2, 0.25) is 0 Å². The van der Waals surface area contributed by atoms with Crippen LogP contribution in [0, 0.1) is 0 Å². The lowest BCUT2D eigenvalue weighted by molar-refractivity contribution is 0.669. The van der Waals surface area contributed by atoms with Crippen molar-refractivity contribution in [1.82, 2.24) is 0 Å². The molecule has 0 bridgehead atoms. The van der Waals surface area contributed by atoms with E-state index < -0.39 is 5.41 Å². The van der Waals surface area contributed by atoms with Crippen molar-refractivity contribution in [3.63, 3.8) is 0 Å². The zero-order chi connectivity index (χ0) is 40.8. The van der Waals surface area contributed by atoms with Gasteiger partial charge in [-0.1, -0.05) is 182 Å². The molecule has 0 radical (unpaired) electrons. The standard InChI is InChI=1S/C59H37NOS/c1-2-13-38(14-3-1)39-25-30-42(31-26-39)60(44-34-35-48-47-17-7-10-23-54(47)61-55(48)37-44)43-32-27-41(28-33-43)46-19-12-22-53-58(46)62-56-24-11-9-21-51(56)59(53)50-20-8-6-18-49(50)57-45-16-5-4-15-40(45)29-36-52(57)59/h1-37H. The summed E-state index contributed by atoms with van der Waals surface area (Å²) in [6.45, 7) is 0. The summed E-state index contributed by atoms with van der Waals surface area (Å²) < 4.78 is 6.42. The van der Waals surface area contributed by atoms with Gasteiger partial charge in [0.2, 0.25) is 0 Å². The molecule has 11 aromatic rings. The lowest BCUT2D eigenvalue weighted by Gasteiger charge is -2.40. The molecule has 1 aromatic heterocycles. The maximum absolute atomic E-state index is 6.42. The molecule has 0 N–H and O–H groups in total. The normalized spacial score (nSPS) is 14.8. The summed E-state index contributed by atoms with van der Waals surface area (Å²) in [6.07, 6.45) is 0. The van der Waals surface area contributed by atoms with Crippen LogP contribution >= 0.6 is 11.8 Å². The molecule has 3 heteroatoms. The van der Waals surface area contributed by atoms with Crippen LogP contribution in [0.1, 0.15) is 22.3 Å². The van der Waals surface area contributed by atoms with Gasteiger partial charge in [-0.2, -0.15) is 0 Å². The van der Waals surface area contributed by atoms with Crippen LogP contribution in [0.3, 0.4) is 0 Å². The molecule has 0 saturated carbocycles. The summed E-state index contributed by atoms with van der Waals surface area (Å²) in [4.78, 5) is 4.94. The second-order valence-electron chi connectivity index (χ2n) is 16.4. The number of anilines is 3. The van der Waals surface area contributed by atoms with Crippen molar-refractivity contribution in [2.45, 2.75) is 15.2 Å². The van der Waals surface area contributed by atoms with Gasteiger partial charge in [-0.15, -0.1) is 0 Å². The third-order valence-electron chi connectivity index (χ3n) is 13.1. The van der Waals surface area contributed by atoms with Gasteiger partial charge in [0, 0.05) is 43.7 Å². The Morgan fingerprint density at radius 2 is 0.984 bits per heavy atom. The zero-order valence-electron chi connectivity index (χ0n) is 33.6. The molecule has 2 aliphatic rings. The second kappa shape index (κ2) is 13.7. The summed E-state index contributed by atoms with van der Waals surface area (Å²) in [7, 11) is 0. The Kier molecular flexibility index (Phi) is 7.79. The highest BCUT2D eigenvalue weighted by Crippen LogP contribution is 2.64. The van der Waals surface area contributed by atoms with Crippen LogP contribution in [-0.4, -0.2) is 0 Å². The molecule has 13 rings (SSSR count).